The molecule has 0 saturated carbocycles. The molecule has 0 amide bonds. The molecule has 1 aliphatic rings. The Balaban J connectivity index is 2.09. The number of benzene rings is 3. The highest BCUT2D eigenvalue weighted by atomic mass is 79.9. The number of aryl methyl sites for hydroxylation is 1. The van der Waals surface area contributed by atoms with Gasteiger partial charge in [0.15, 0.2) is 0 Å². The van der Waals surface area contributed by atoms with E-state index in [0.29, 0.717) is 0 Å². The van der Waals surface area contributed by atoms with Gasteiger partial charge in [0.2, 0.25) is 0 Å². The minimum atomic E-state index is 1.02. The Morgan fingerprint density at radius 1 is 1.00 bits per heavy atom. The molecule has 0 aliphatic heterocycles. The molecule has 0 fully saturated rings. The molecule has 1 aliphatic carbocycles. The molecule has 4 rings (SSSR count). The van der Waals surface area contributed by atoms with E-state index < -0.39 is 0 Å². The highest BCUT2D eigenvalue weighted by Gasteiger charge is 2.18. The van der Waals surface area contributed by atoms with Gasteiger partial charge in [-0.1, -0.05) is 70.5 Å². The summed E-state index contributed by atoms with van der Waals surface area (Å²) in [5, 5.41) is 2.61. The molecule has 0 atom stereocenters. The second-order valence-corrected chi connectivity index (χ2v) is 6.43. The average molecular weight is 335 g/mol. The van der Waals surface area contributed by atoms with Gasteiger partial charge in [0.1, 0.15) is 0 Å². The molecule has 0 unspecified atom stereocenters. The lowest BCUT2D eigenvalue weighted by atomic mass is 9.91. The van der Waals surface area contributed by atoms with Crippen LogP contribution in [0.2, 0.25) is 0 Å². The molecule has 21 heavy (non-hydrogen) atoms. The van der Waals surface area contributed by atoms with Crippen LogP contribution in [0.15, 0.2) is 59.1 Å². The molecule has 3 aromatic rings. The summed E-state index contributed by atoms with van der Waals surface area (Å²) in [6, 6.07) is 17.4. The molecule has 0 N–H and O–H groups in total. The van der Waals surface area contributed by atoms with Crippen LogP contribution < -0.4 is 0 Å². The zero-order chi connectivity index (χ0) is 14.4. The van der Waals surface area contributed by atoms with Crippen molar-refractivity contribution in [3.05, 3.63) is 75.8 Å². The maximum Gasteiger partial charge on any atom is 0.0259 e. The first-order valence-electron chi connectivity index (χ1n) is 7.22. The van der Waals surface area contributed by atoms with Crippen molar-refractivity contribution in [1.29, 1.82) is 0 Å². The van der Waals surface area contributed by atoms with Crippen molar-refractivity contribution >= 4 is 32.8 Å². The summed E-state index contributed by atoms with van der Waals surface area (Å²) < 4.78 is 1.19. The summed E-state index contributed by atoms with van der Waals surface area (Å²) in [5.74, 6) is 0. The van der Waals surface area contributed by atoms with Gasteiger partial charge in [-0.2, -0.15) is 0 Å². The van der Waals surface area contributed by atoms with Crippen LogP contribution in [0, 0.1) is 6.92 Å². The molecule has 102 valence electrons. The molecule has 0 radical (unpaired) electrons. The van der Waals surface area contributed by atoms with E-state index in [1.807, 2.05) is 0 Å². The maximum absolute atomic E-state index is 3.80. The molecule has 0 spiro atoms. The number of fused-ring (bicyclic) bond motifs is 2. The monoisotopic (exact) mass is 334 g/mol. The number of hydrogen-bond acceptors (Lipinski definition) is 0. The first kappa shape index (κ1) is 12.8. The molecule has 0 saturated heterocycles. The number of hydrogen-bond donors (Lipinski definition) is 0. The Bertz CT molecular complexity index is 882. The predicted molar refractivity (Wildman–Crippen MR) is 94.6 cm³/mol. The van der Waals surface area contributed by atoms with Gasteiger partial charge in [0, 0.05) is 10.0 Å². The topological polar surface area (TPSA) is 0 Å². The third kappa shape index (κ3) is 1.96. The van der Waals surface area contributed by atoms with Gasteiger partial charge in [-0.05, 0) is 52.4 Å². The first-order chi connectivity index (χ1) is 10.3. The van der Waals surface area contributed by atoms with Gasteiger partial charge in [-0.15, -0.1) is 0 Å². The van der Waals surface area contributed by atoms with Crippen molar-refractivity contribution in [2.24, 2.45) is 0 Å². The van der Waals surface area contributed by atoms with E-state index in [1.165, 1.54) is 43.1 Å². The fourth-order valence-electron chi connectivity index (χ4n) is 3.33. The zero-order valence-corrected chi connectivity index (χ0v) is 13.4. The summed E-state index contributed by atoms with van der Waals surface area (Å²) >= 11 is 3.80. The third-order valence-electron chi connectivity index (χ3n) is 4.30. The third-order valence-corrected chi connectivity index (χ3v) is 4.92. The molecular formula is C20H15Br. The highest BCUT2D eigenvalue weighted by molar-refractivity contribution is 9.10. The fourth-order valence-corrected chi connectivity index (χ4v) is 4.13. The van der Waals surface area contributed by atoms with E-state index >= 15 is 0 Å². The van der Waals surface area contributed by atoms with E-state index in [2.05, 4.69) is 83.5 Å². The number of allylic oxidation sites excluding steroid dienone is 1. The Hall–Kier alpha value is -1.86. The number of halogens is 1. The van der Waals surface area contributed by atoms with Gasteiger partial charge >= 0.3 is 0 Å². The van der Waals surface area contributed by atoms with E-state index in [1.54, 1.807) is 0 Å². The van der Waals surface area contributed by atoms with Crippen LogP contribution >= 0.6 is 15.9 Å². The van der Waals surface area contributed by atoms with Gasteiger partial charge in [-0.3, -0.25) is 0 Å². The minimum Gasteiger partial charge on any atom is -0.0795 e. The van der Waals surface area contributed by atoms with Crippen molar-refractivity contribution < 1.29 is 0 Å². The van der Waals surface area contributed by atoms with Crippen molar-refractivity contribution in [2.45, 2.75) is 13.3 Å². The number of rotatable bonds is 1. The predicted octanol–water partition coefficient (Wildman–Crippen LogP) is 6.15. The van der Waals surface area contributed by atoms with Crippen LogP contribution in [-0.4, -0.2) is 0 Å². The van der Waals surface area contributed by atoms with Crippen LogP contribution in [0.4, 0.5) is 0 Å². The maximum atomic E-state index is 3.80. The van der Waals surface area contributed by atoms with Crippen molar-refractivity contribution in [3.63, 3.8) is 0 Å². The summed E-state index contributed by atoms with van der Waals surface area (Å²) in [4.78, 5) is 0. The SMILES string of the molecule is Cc1cc(Br)c(-c2cccc3ccccc23)c2c1C=CC2. The molecule has 0 aromatic heterocycles. The highest BCUT2D eigenvalue weighted by Crippen LogP contribution is 2.41. The molecule has 0 nitrogen and oxygen atoms in total. The molecule has 0 heterocycles. The van der Waals surface area contributed by atoms with Crippen molar-refractivity contribution in [1.82, 2.24) is 0 Å². The summed E-state index contributed by atoms with van der Waals surface area (Å²) in [6.45, 7) is 2.19. The Labute approximate surface area is 133 Å². The van der Waals surface area contributed by atoms with Crippen molar-refractivity contribution in [2.75, 3.05) is 0 Å². The average Bonchev–Trinajstić information content (AvgIpc) is 2.97. The van der Waals surface area contributed by atoms with E-state index in [9.17, 15) is 0 Å². The quantitative estimate of drug-likeness (QED) is 0.500. The Morgan fingerprint density at radius 2 is 1.81 bits per heavy atom. The molecule has 0 bridgehead atoms. The van der Waals surface area contributed by atoms with E-state index in [-0.39, 0.29) is 0 Å². The normalized spacial score (nSPS) is 12.9. The van der Waals surface area contributed by atoms with Crippen LogP contribution in [0.25, 0.3) is 28.0 Å². The second-order valence-electron chi connectivity index (χ2n) is 5.58. The van der Waals surface area contributed by atoms with Crippen molar-refractivity contribution in [3.8, 4) is 11.1 Å². The zero-order valence-electron chi connectivity index (χ0n) is 11.9. The first-order valence-corrected chi connectivity index (χ1v) is 8.01. The summed E-state index contributed by atoms with van der Waals surface area (Å²) in [5.41, 5.74) is 6.84. The van der Waals surface area contributed by atoms with Crippen LogP contribution in [0.3, 0.4) is 0 Å². The lowest BCUT2D eigenvalue weighted by Gasteiger charge is -2.16. The Kier molecular flexibility index (Phi) is 2.97. The molecular weight excluding hydrogens is 320 g/mol. The van der Waals surface area contributed by atoms with E-state index in [0.717, 1.165) is 6.42 Å². The van der Waals surface area contributed by atoms with E-state index in [4.69, 9.17) is 0 Å². The van der Waals surface area contributed by atoms with Gasteiger partial charge in [0.25, 0.3) is 0 Å². The van der Waals surface area contributed by atoms with Crippen LogP contribution in [-0.2, 0) is 6.42 Å². The molecule has 3 aromatic carbocycles. The van der Waals surface area contributed by atoms with Gasteiger partial charge < -0.3 is 0 Å². The lowest BCUT2D eigenvalue weighted by molar-refractivity contribution is 1.27. The van der Waals surface area contributed by atoms with Crippen LogP contribution in [0.1, 0.15) is 16.7 Å². The lowest BCUT2D eigenvalue weighted by Crippen LogP contribution is -1.94. The second kappa shape index (κ2) is 4.85. The standard InChI is InChI=1S/C20H15Br/c1-13-12-19(21)20(17-11-5-9-15(13)17)18-10-4-7-14-6-2-3-8-16(14)18/h2-10,12H,11H2,1H3. The van der Waals surface area contributed by atoms with Crippen LogP contribution in [0.5, 0.6) is 0 Å². The van der Waals surface area contributed by atoms with Gasteiger partial charge in [0.05, 0.1) is 0 Å². The smallest absolute Gasteiger partial charge is 0.0259 e. The summed E-state index contributed by atoms with van der Waals surface area (Å²) in [7, 11) is 0. The summed E-state index contributed by atoms with van der Waals surface area (Å²) in [6.07, 6.45) is 5.54. The molecule has 1 heteroatoms. The largest absolute Gasteiger partial charge is 0.0795 e. The minimum absolute atomic E-state index is 1.02. The fraction of sp³-hybridized carbons (Fsp3) is 0.100. The van der Waals surface area contributed by atoms with Gasteiger partial charge in [-0.25, -0.2) is 0 Å². The Morgan fingerprint density at radius 3 is 2.71 bits per heavy atom.